The molecule has 9 nitrogen and oxygen atoms in total. The van der Waals surface area contributed by atoms with Crippen molar-refractivity contribution in [1.82, 2.24) is 15.5 Å². The summed E-state index contributed by atoms with van der Waals surface area (Å²) in [6.07, 6.45) is 1.22. The number of rotatable bonds is 9. The van der Waals surface area contributed by atoms with E-state index >= 15 is 0 Å². The van der Waals surface area contributed by atoms with Crippen LogP contribution in [-0.4, -0.2) is 60.9 Å². The third-order valence-corrected chi connectivity index (χ3v) is 4.96. The molecule has 1 unspecified atom stereocenters. The van der Waals surface area contributed by atoms with Crippen LogP contribution in [0.4, 0.5) is 0 Å². The molecule has 34 heavy (non-hydrogen) atoms. The molecule has 0 saturated carbocycles. The lowest BCUT2D eigenvalue weighted by Crippen LogP contribution is -2.58. The molecule has 1 aliphatic heterocycles. The summed E-state index contributed by atoms with van der Waals surface area (Å²) in [5.41, 5.74) is 0.721. The van der Waals surface area contributed by atoms with E-state index in [0.717, 1.165) is 0 Å². The number of ether oxygens (including phenoxy) is 2. The third-order valence-electron chi connectivity index (χ3n) is 4.96. The molecular formula is C25H27N3O6. The molecular weight excluding hydrogens is 438 g/mol. The maximum Gasteiger partial charge on any atom is 0.308 e. The lowest BCUT2D eigenvalue weighted by atomic mass is 10.1. The first-order valence-electron chi connectivity index (χ1n) is 10.9. The van der Waals surface area contributed by atoms with Gasteiger partial charge in [-0.15, -0.1) is 0 Å². The first kappa shape index (κ1) is 24.5. The summed E-state index contributed by atoms with van der Waals surface area (Å²) in [6, 6.07) is 17.0. The number of hydrogen-bond acceptors (Lipinski definition) is 6. The normalized spacial score (nSPS) is 15.8. The molecule has 2 N–H and O–H groups in total. The topological polar surface area (TPSA) is 114 Å². The van der Waals surface area contributed by atoms with Crippen LogP contribution in [0.1, 0.15) is 18.9 Å². The Kier molecular flexibility index (Phi) is 8.79. The van der Waals surface area contributed by atoms with Gasteiger partial charge in [-0.05, 0) is 23.8 Å². The van der Waals surface area contributed by atoms with E-state index in [1.54, 1.807) is 36.4 Å². The number of para-hydroxylation sites is 1. The molecule has 0 spiro atoms. The van der Waals surface area contributed by atoms with E-state index in [1.807, 2.05) is 24.3 Å². The minimum absolute atomic E-state index is 0.00106. The van der Waals surface area contributed by atoms with Crippen LogP contribution in [0.3, 0.4) is 0 Å². The van der Waals surface area contributed by atoms with E-state index in [9.17, 15) is 19.2 Å². The smallest absolute Gasteiger partial charge is 0.308 e. The van der Waals surface area contributed by atoms with Gasteiger partial charge in [-0.3, -0.25) is 19.2 Å². The van der Waals surface area contributed by atoms with Crippen molar-refractivity contribution in [1.29, 1.82) is 0 Å². The van der Waals surface area contributed by atoms with Crippen LogP contribution >= 0.6 is 0 Å². The number of esters is 1. The van der Waals surface area contributed by atoms with Gasteiger partial charge >= 0.3 is 5.97 Å². The standard InChI is InChI=1S/C25H27N3O6/c1-18(29)27-21(16-19-8-4-2-5-9-19)25(32)28-13-12-26-24(31)22(28)17-23(30)34-15-14-33-20-10-6-3-7-11-20/h2-11,16,22H,12-15,17H2,1H3,(H,26,31)(H,27,29)/b21-16-. The first-order valence-corrected chi connectivity index (χ1v) is 10.9. The Balaban J connectivity index is 1.64. The van der Waals surface area contributed by atoms with Crippen LogP contribution in [0.15, 0.2) is 66.4 Å². The van der Waals surface area contributed by atoms with Crippen LogP contribution in [0.25, 0.3) is 6.08 Å². The number of amides is 3. The van der Waals surface area contributed by atoms with Crippen molar-refractivity contribution in [2.45, 2.75) is 19.4 Å². The second-order valence-corrected chi connectivity index (χ2v) is 7.54. The maximum atomic E-state index is 13.3. The van der Waals surface area contributed by atoms with Gasteiger partial charge in [-0.2, -0.15) is 0 Å². The molecule has 0 aliphatic carbocycles. The van der Waals surface area contributed by atoms with Gasteiger partial charge in [0.15, 0.2) is 0 Å². The fourth-order valence-corrected chi connectivity index (χ4v) is 3.42. The Morgan fingerprint density at radius 2 is 1.74 bits per heavy atom. The van der Waals surface area contributed by atoms with Crippen LogP contribution in [0, 0.1) is 0 Å². The lowest BCUT2D eigenvalue weighted by Gasteiger charge is -2.35. The molecule has 1 heterocycles. The van der Waals surface area contributed by atoms with Crippen molar-refractivity contribution in [3.63, 3.8) is 0 Å². The zero-order chi connectivity index (χ0) is 24.3. The average Bonchev–Trinajstić information content (AvgIpc) is 2.83. The van der Waals surface area contributed by atoms with E-state index in [4.69, 9.17) is 9.47 Å². The highest BCUT2D eigenvalue weighted by Crippen LogP contribution is 2.15. The Morgan fingerprint density at radius 1 is 1.06 bits per heavy atom. The first-order chi connectivity index (χ1) is 16.4. The van der Waals surface area contributed by atoms with E-state index in [2.05, 4.69) is 10.6 Å². The number of nitrogens with zero attached hydrogens (tertiary/aromatic N) is 1. The number of carbonyl (C=O) groups excluding carboxylic acids is 4. The van der Waals surface area contributed by atoms with E-state index < -0.39 is 29.7 Å². The second kappa shape index (κ2) is 12.2. The van der Waals surface area contributed by atoms with Crippen LogP contribution in [0.2, 0.25) is 0 Å². The fourth-order valence-electron chi connectivity index (χ4n) is 3.42. The van der Waals surface area contributed by atoms with Crippen LogP contribution < -0.4 is 15.4 Å². The molecule has 1 aliphatic rings. The summed E-state index contributed by atoms with van der Waals surface area (Å²) in [7, 11) is 0. The summed E-state index contributed by atoms with van der Waals surface area (Å²) in [5, 5.41) is 5.21. The Bertz CT molecular complexity index is 1040. The molecule has 2 aromatic rings. The van der Waals surface area contributed by atoms with Gasteiger partial charge in [0.25, 0.3) is 5.91 Å². The summed E-state index contributed by atoms with van der Waals surface area (Å²) >= 11 is 0. The van der Waals surface area contributed by atoms with Crippen LogP contribution in [-0.2, 0) is 23.9 Å². The van der Waals surface area contributed by atoms with Gasteiger partial charge in [0.1, 0.15) is 30.7 Å². The molecule has 1 fully saturated rings. The number of nitrogens with one attached hydrogen (secondary N) is 2. The number of piperazine rings is 1. The summed E-state index contributed by atoms with van der Waals surface area (Å²) in [6.45, 7) is 1.87. The molecule has 2 aromatic carbocycles. The number of carbonyl (C=O) groups is 4. The van der Waals surface area contributed by atoms with Gasteiger partial charge in [0.05, 0.1) is 6.42 Å². The molecule has 3 rings (SSSR count). The predicted molar refractivity (Wildman–Crippen MR) is 124 cm³/mol. The minimum Gasteiger partial charge on any atom is -0.490 e. The van der Waals surface area contributed by atoms with Gasteiger partial charge in [-0.1, -0.05) is 48.5 Å². The highest BCUT2D eigenvalue weighted by molar-refractivity contribution is 6.03. The lowest BCUT2D eigenvalue weighted by molar-refractivity contribution is -0.151. The second-order valence-electron chi connectivity index (χ2n) is 7.54. The van der Waals surface area contributed by atoms with E-state index in [1.165, 1.54) is 17.9 Å². The monoisotopic (exact) mass is 465 g/mol. The molecule has 178 valence electrons. The van der Waals surface area contributed by atoms with Crippen LogP contribution in [0.5, 0.6) is 5.75 Å². The van der Waals surface area contributed by atoms with E-state index in [-0.39, 0.29) is 38.4 Å². The molecule has 3 amide bonds. The fraction of sp³-hybridized carbons (Fsp3) is 0.280. The van der Waals surface area contributed by atoms with Gasteiger partial charge in [-0.25, -0.2) is 0 Å². The average molecular weight is 466 g/mol. The van der Waals surface area contributed by atoms with Crippen molar-refractivity contribution in [2.24, 2.45) is 0 Å². The van der Waals surface area contributed by atoms with Crippen molar-refractivity contribution in [3.05, 3.63) is 71.9 Å². The number of hydrogen-bond donors (Lipinski definition) is 2. The molecule has 0 aromatic heterocycles. The van der Waals surface area contributed by atoms with Gasteiger partial charge in [0.2, 0.25) is 11.8 Å². The largest absolute Gasteiger partial charge is 0.490 e. The maximum absolute atomic E-state index is 13.3. The molecule has 1 saturated heterocycles. The summed E-state index contributed by atoms with van der Waals surface area (Å²) in [4.78, 5) is 51.2. The quantitative estimate of drug-likeness (QED) is 0.330. The van der Waals surface area contributed by atoms with Gasteiger partial charge < -0.3 is 25.0 Å². The summed E-state index contributed by atoms with van der Waals surface area (Å²) < 4.78 is 10.7. The third kappa shape index (κ3) is 7.19. The highest BCUT2D eigenvalue weighted by Gasteiger charge is 2.36. The Labute approximate surface area is 197 Å². The molecule has 1 atom stereocenters. The molecule has 9 heteroatoms. The molecule has 0 radical (unpaired) electrons. The SMILES string of the molecule is CC(=O)N/C(=C\c1ccccc1)C(=O)N1CCNC(=O)C1CC(=O)OCCOc1ccccc1. The van der Waals surface area contributed by atoms with Crippen molar-refractivity contribution in [2.75, 3.05) is 26.3 Å². The van der Waals surface area contributed by atoms with Crippen molar-refractivity contribution >= 4 is 29.8 Å². The van der Waals surface area contributed by atoms with Gasteiger partial charge in [0, 0.05) is 20.0 Å². The van der Waals surface area contributed by atoms with Crippen molar-refractivity contribution in [3.8, 4) is 5.75 Å². The summed E-state index contributed by atoms with van der Waals surface area (Å²) in [5.74, 6) is -1.42. The Morgan fingerprint density at radius 3 is 2.41 bits per heavy atom. The van der Waals surface area contributed by atoms with E-state index in [0.29, 0.717) is 11.3 Å². The highest BCUT2D eigenvalue weighted by atomic mass is 16.6. The Hall–Kier alpha value is -4.14. The zero-order valence-corrected chi connectivity index (χ0v) is 18.9. The minimum atomic E-state index is -1.06. The zero-order valence-electron chi connectivity index (χ0n) is 18.9. The predicted octanol–water partition coefficient (Wildman–Crippen LogP) is 1.50. The van der Waals surface area contributed by atoms with Crippen molar-refractivity contribution < 1.29 is 28.7 Å². The number of benzene rings is 2. The molecule has 0 bridgehead atoms.